The number of thiazole rings is 1. The van der Waals surface area contributed by atoms with E-state index < -0.39 is 12.3 Å². The first-order chi connectivity index (χ1) is 15.0. The number of hydrogen-bond donors (Lipinski definition) is 3. The zero-order chi connectivity index (χ0) is 22.0. The molecular formula is C23H23N2O4S2+. The fourth-order valence-electron chi connectivity index (χ4n) is 3.53. The number of β-amino-alcohol motifs (C(OH)–C–C–N with tert-alkyl or cyclic N) is 2. The second-order valence-corrected chi connectivity index (χ2v) is 9.23. The van der Waals surface area contributed by atoms with Crippen molar-refractivity contribution in [2.75, 3.05) is 11.4 Å². The molecule has 0 saturated carbocycles. The summed E-state index contributed by atoms with van der Waals surface area (Å²) in [6.07, 6.45) is 3.36. The van der Waals surface area contributed by atoms with Gasteiger partial charge in [-0.15, -0.1) is 0 Å². The molecule has 1 aliphatic heterocycles. The summed E-state index contributed by atoms with van der Waals surface area (Å²) < 4.78 is 2.85. The fourth-order valence-corrected chi connectivity index (χ4v) is 5.82. The zero-order valence-corrected chi connectivity index (χ0v) is 18.6. The molecule has 8 heteroatoms. The number of benzene rings is 2. The van der Waals surface area contributed by atoms with E-state index in [4.69, 9.17) is 0 Å². The monoisotopic (exact) mass is 455 g/mol. The molecule has 31 heavy (non-hydrogen) atoms. The highest BCUT2D eigenvalue weighted by Crippen LogP contribution is 2.46. The van der Waals surface area contributed by atoms with E-state index in [1.807, 2.05) is 70.1 Å². The van der Waals surface area contributed by atoms with Gasteiger partial charge in [0, 0.05) is 17.0 Å². The number of carbonyl (C=O) groups is 1. The van der Waals surface area contributed by atoms with Crippen molar-refractivity contribution in [2.24, 2.45) is 0 Å². The number of aliphatic hydroxyl groups is 2. The van der Waals surface area contributed by atoms with Crippen LogP contribution in [0.3, 0.4) is 0 Å². The molecule has 1 aromatic heterocycles. The van der Waals surface area contributed by atoms with Gasteiger partial charge in [0.1, 0.15) is 4.70 Å². The molecule has 1 aliphatic rings. The van der Waals surface area contributed by atoms with Crippen LogP contribution in [0.1, 0.15) is 18.4 Å². The predicted octanol–water partition coefficient (Wildman–Crippen LogP) is 3.83. The molecule has 0 aliphatic carbocycles. The molecule has 0 radical (unpaired) electrons. The molecule has 0 unspecified atom stereocenters. The fraction of sp³-hybridized carbons (Fsp3) is 0.217. The van der Waals surface area contributed by atoms with E-state index in [-0.39, 0.29) is 13.1 Å². The number of fused-ring (bicyclic) bond motifs is 2. The second kappa shape index (κ2) is 9.23. The Labute approximate surface area is 188 Å². The van der Waals surface area contributed by atoms with Gasteiger partial charge in [-0.2, -0.15) is 4.57 Å². The maximum absolute atomic E-state index is 11.5. The highest BCUT2D eigenvalue weighted by atomic mass is 32.2. The highest BCUT2D eigenvalue weighted by molar-refractivity contribution is 8.03. The molecule has 0 amide bonds. The summed E-state index contributed by atoms with van der Waals surface area (Å²) in [5.74, 6) is -0.885. The molecule has 6 nitrogen and oxygen atoms in total. The van der Waals surface area contributed by atoms with Crippen LogP contribution in [0, 0.1) is 0 Å². The number of para-hydroxylation sites is 2. The Morgan fingerprint density at radius 3 is 2.65 bits per heavy atom. The number of hydrogen-bond acceptors (Lipinski definition) is 6. The summed E-state index contributed by atoms with van der Waals surface area (Å²) in [6, 6.07) is 15.7. The van der Waals surface area contributed by atoms with E-state index in [1.54, 1.807) is 23.1 Å². The number of aliphatic carboxylic acids is 1. The summed E-state index contributed by atoms with van der Waals surface area (Å²) in [6.45, 7) is 2.02. The van der Waals surface area contributed by atoms with Gasteiger partial charge in [-0.05, 0) is 36.3 Å². The smallest absolute Gasteiger partial charge is 0.370 e. The highest BCUT2D eigenvalue weighted by Gasteiger charge is 2.27. The molecule has 0 spiro atoms. The van der Waals surface area contributed by atoms with E-state index in [0.29, 0.717) is 0 Å². The lowest BCUT2D eigenvalue weighted by atomic mass is 10.2. The first-order valence-electron chi connectivity index (χ1n) is 9.92. The summed E-state index contributed by atoms with van der Waals surface area (Å²) in [7, 11) is 0. The Kier molecular flexibility index (Phi) is 6.43. The van der Waals surface area contributed by atoms with E-state index in [2.05, 4.69) is 6.92 Å². The quantitative estimate of drug-likeness (QED) is 0.371. The van der Waals surface area contributed by atoms with Gasteiger partial charge in [-0.25, -0.2) is 4.79 Å². The third kappa shape index (κ3) is 4.67. The van der Waals surface area contributed by atoms with Gasteiger partial charge < -0.3 is 20.2 Å². The molecule has 160 valence electrons. The van der Waals surface area contributed by atoms with Crippen molar-refractivity contribution in [1.82, 2.24) is 0 Å². The van der Waals surface area contributed by atoms with Crippen molar-refractivity contribution in [3.8, 4) is 0 Å². The number of thioether (sulfide) groups is 1. The van der Waals surface area contributed by atoms with E-state index in [1.165, 1.54) is 0 Å². The van der Waals surface area contributed by atoms with Crippen LogP contribution in [0.25, 0.3) is 16.3 Å². The molecule has 0 fully saturated rings. The lowest BCUT2D eigenvalue weighted by Crippen LogP contribution is -2.39. The summed E-state index contributed by atoms with van der Waals surface area (Å²) in [4.78, 5) is 14.4. The van der Waals surface area contributed by atoms with Crippen molar-refractivity contribution in [3.63, 3.8) is 0 Å². The molecule has 3 N–H and O–H groups in total. The average molecular weight is 456 g/mol. The summed E-state index contributed by atoms with van der Waals surface area (Å²) in [5.41, 5.74) is 2.88. The number of carboxylic acids is 1. The number of allylic oxidation sites excluding steroid dienone is 2. The minimum Gasteiger partial charge on any atom is -0.477 e. The zero-order valence-electron chi connectivity index (χ0n) is 16.9. The van der Waals surface area contributed by atoms with Crippen molar-refractivity contribution in [2.45, 2.75) is 31.1 Å². The van der Waals surface area contributed by atoms with Gasteiger partial charge >= 0.3 is 5.97 Å². The third-order valence-corrected chi connectivity index (χ3v) is 7.16. The van der Waals surface area contributed by atoms with Crippen LogP contribution in [0.15, 0.2) is 70.1 Å². The third-order valence-electron chi connectivity index (χ3n) is 4.94. The standard InChI is InChI=1S/C23H22N2O4S2/c1-2-15(11-20-24(13-22(26)27)16-7-3-5-9-18(16)30-20)12-21-25(14-23(28)29)17-8-4-6-10-19(17)31-21/h3-12,22,26-27H,2,13-14H2,1H3/p+1. The SMILES string of the molecule is CCC(/C=C1\Sc2ccccc2N1CC(O)O)=C\c1sc2ccccc2[n+]1CC(=O)O. The predicted molar refractivity (Wildman–Crippen MR) is 124 cm³/mol. The van der Waals surface area contributed by atoms with E-state index >= 15 is 0 Å². The number of aliphatic hydroxyl groups excluding tert-OH is 1. The molecule has 0 saturated heterocycles. The van der Waals surface area contributed by atoms with Gasteiger partial charge in [-0.3, -0.25) is 0 Å². The largest absolute Gasteiger partial charge is 0.477 e. The van der Waals surface area contributed by atoms with Crippen LogP contribution in [0.4, 0.5) is 5.69 Å². The molecule has 2 heterocycles. The molecule has 0 atom stereocenters. The average Bonchev–Trinajstić information content (AvgIpc) is 3.25. The van der Waals surface area contributed by atoms with Crippen LogP contribution in [-0.4, -0.2) is 34.1 Å². The van der Waals surface area contributed by atoms with Gasteiger partial charge in [0.2, 0.25) is 12.1 Å². The minimum atomic E-state index is -1.45. The topological polar surface area (TPSA) is 84.9 Å². The lowest BCUT2D eigenvalue weighted by molar-refractivity contribution is -0.657. The van der Waals surface area contributed by atoms with E-state index in [9.17, 15) is 20.1 Å². The second-order valence-electron chi connectivity index (χ2n) is 7.10. The number of anilines is 1. The van der Waals surface area contributed by atoms with Crippen LogP contribution in [0.5, 0.6) is 0 Å². The Bertz CT molecular complexity index is 1180. The summed E-state index contributed by atoms with van der Waals surface area (Å²) in [5, 5.41) is 30.4. The summed E-state index contributed by atoms with van der Waals surface area (Å²) >= 11 is 3.15. The molecule has 0 bridgehead atoms. The van der Waals surface area contributed by atoms with Crippen LogP contribution < -0.4 is 9.47 Å². The number of carboxylic acid groups (broad SMARTS) is 1. The number of rotatable bonds is 7. The molecule has 3 aromatic rings. The van der Waals surface area contributed by atoms with Crippen molar-refractivity contribution < 1.29 is 24.7 Å². The maximum Gasteiger partial charge on any atom is 0.370 e. The Hall–Kier alpha value is -2.65. The Morgan fingerprint density at radius 2 is 1.90 bits per heavy atom. The van der Waals surface area contributed by atoms with Crippen molar-refractivity contribution >= 4 is 51.0 Å². The first-order valence-corrected chi connectivity index (χ1v) is 11.6. The maximum atomic E-state index is 11.5. The normalized spacial score (nSPS) is 15.3. The number of nitrogens with zero attached hydrogens (tertiary/aromatic N) is 2. The van der Waals surface area contributed by atoms with Gasteiger partial charge in [0.25, 0.3) is 5.01 Å². The van der Waals surface area contributed by atoms with Gasteiger partial charge in [0.15, 0.2) is 6.29 Å². The minimum absolute atomic E-state index is 0.0781. The van der Waals surface area contributed by atoms with Gasteiger partial charge in [-0.1, -0.05) is 54.3 Å². The van der Waals surface area contributed by atoms with Crippen LogP contribution in [-0.2, 0) is 11.3 Å². The van der Waals surface area contributed by atoms with Crippen LogP contribution in [0.2, 0.25) is 0 Å². The lowest BCUT2D eigenvalue weighted by Gasteiger charge is -2.21. The molecule has 2 aromatic carbocycles. The first kappa shape index (κ1) is 21.6. The van der Waals surface area contributed by atoms with Crippen molar-refractivity contribution in [3.05, 3.63) is 70.2 Å². The van der Waals surface area contributed by atoms with Crippen LogP contribution >= 0.6 is 23.1 Å². The molecule has 4 rings (SSSR count). The number of aromatic nitrogens is 1. The Balaban J connectivity index is 1.75. The van der Waals surface area contributed by atoms with E-state index in [0.717, 1.165) is 42.8 Å². The van der Waals surface area contributed by atoms with Gasteiger partial charge in [0.05, 0.1) is 17.3 Å². The molecular weight excluding hydrogens is 432 g/mol. The van der Waals surface area contributed by atoms with Crippen molar-refractivity contribution in [1.29, 1.82) is 0 Å². The Morgan fingerprint density at radius 1 is 1.16 bits per heavy atom.